The first-order valence-corrected chi connectivity index (χ1v) is 6.44. The topological polar surface area (TPSA) is 12.9 Å². The highest BCUT2D eigenvalue weighted by atomic mass is 35.5. The normalized spacial score (nSPS) is 13.8. The van der Waals surface area contributed by atoms with Crippen molar-refractivity contribution in [3.63, 3.8) is 0 Å². The third-order valence-corrected chi connectivity index (χ3v) is 2.94. The summed E-state index contributed by atoms with van der Waals surface area (Å²) in [5.41, 5.74) is 2.69. The summed E-state index contributed by atoms with van der Waals surface area (Å²) < 4.78 is 0. The second-order valence-corrected chi connectivity index (χ2v) is 6.08. The maximum absolute atomic E-state index is 6.06. The number of alkyl halides is 1. The predicted octanol–water partition coefficient (Wildman–Crippen LogP) is 4.23. The minimum absolute atomic E-state index is 0.224. The summed E-state index contributed by atoms with van der Waals surface area (Å²) in [6.45, 7) is 8.70. The van der Waals surface area contributed by atoms with Gasteiger partial charge in [0.15, 0.2) is 0 Å². The predicted molar refractivity (Wildman–Crippen MR) is 71.0 cm³/mol. The van der Waals surface area contributed by atoms with Crippen LogP contribution in [-0.2, 0) is 12.8 Å². The molecular weight excluding hydrogens is 218 g/mol. The molecule has 1 aromatic heterocycles. The first-order chi connectivity index (χ1) is 7.43. The first-order valence-electron chi connectivity index (χ1n) is 6.01. The van der Waals surface area contributed by atoms with Gasteiger partial charge in [0.2, 0.25) is 0 Å². The lowest BCUT2D eigenvalue weighted by molar-refractivity contribution is 0.328. The van der Waals surface area contributed by atoms with Gasteiger partial charge in [-0.2, -0.15) is 0 Å². The maximum Gasteiger partial charge on any atom is 0.0409 e. The fourth-order valence-electron chi connectivity index (χ4n) is 2.09. The average Bonchev–Trinajstić information content (AvgIpc) is 2.16. The molecule has 0 aliphatic heterocycles. The molecule has 1 aromatic rings. The van der Waals surface area contributed by atoms with E-state index in [2.05, 4.69) is 44.8 Å². The van der Waals surface area contributed by atoms with Crippen molar-refractivity contribution in [2.24, 2.45) is 5.41 Å². The summed E-state index contributed by atoms with van der Waals surface area (Å²) in [7, 11) is 0. The van der Waals surface area contributed by atoms with Crippen LogP contribution in [0.2, 0.25) is 0 Å². The summed E-state index contributed by atoms with van der Waals surface area (Å²) in [6, 6.07) is 4.31. The Hall–Kier alpha value is -0.560. The molecule has 2 heteroatoms. The van der Waals surface area contributed by atoms with Crippen molar-refractivity contribution < 1.29 is 0 Å². The van der Waals surface area contributed by atoms with Gasteiger partial charge < -0.3 is 0 Å². The quantitative estimate of drug-likeness (QED) is 0.701. The van der Waals surface area contributed by atoms with Gasteiger partial charge >= 0.3 is 0 Å². The number of hydrogen-bond acceptors (Lipinski definition) is 1. The molecule has 90 valence electrons. The monoisotopic (exact) mass is 239 g/mol. The smallest absolute Gasteiger partial charge is 0.0409 e. The van der Waals surface area contributed by atoms with E-state index in [9.17, 15) is 0 Å². The molecule has 0 saturated carbocycles. The van der Waals surface area contributed by atoms with Crippen LogP contribution in [0.15, 0.2) is 18.3 Å². The van der Waals surface area contributed by atoms with E-state index in [1.165, 1.54) is 11.3 Å². The van der Waals surface area contributed by atoms with E-state index < -0.39 is 0 Å². The summed E-state index contributed by atoms with van der Waals surface area (Å²) in [4.78, 5) is 4.50. The summed E-state index contributed by atoms with van der Waals surface area (Å²) in [6.07, 6.45) is 5.05. The van der Waals surface area contributed by atoms with Crippen molar-refractivity contribution in [2.45, 2.75) is 52.3 Å². The van der Waals surface area contributed by atoms with E-state index in [4.69, 9.17) is 11.6 Å². The summed E-state index contributed by atoms with van der Waals surface area (Å²) in [5, 5.41) is 0.227. The lowest BCUT2D eigenvalue weighted by Crippen LogP contribution is -2.19. The molecule has 0 fully saturated rings. The second kappa shape index (κ2) is 5.67. The maximum atomic E-state index is 6.06. The summed E-state index contributed by atoms with van der Waals surface area (Å²) in [5.74, 6) is 0. The van der Waals surface area contributed by atoms with Gasteiger partial charge in [0.05, 0.1) is 0 Å². The number of rotatable bonds is 5. The van der Waals surface area contributed by atoms with E-state index >= 15 is 0 Å². The fraction of sp³-hybridized carbons (Fsp3) is 0.643. The Morgan fingerprint density at radius 3 is 2.50 bits per heavy atom. The van der Waals surface area contributed by atoms with Crippen LogP contribution in [0.5, 0.6) is 0 Å². The molecule has 1 heterocycles. The van der Waals surface area contributed by atoms with Crippen LogP contribution in [0, 0.1) is 5.41 Å². The highest BCUT2D eigenvalue weighted by Gasteiger charge is 2.21. The molecule has 0 aromatic carbocycles. The zero-order valence-corrected chi connectivity index (χ0v) is 11.5. The Morgan fingerprint density at radius 1 is 1.38 bits per heavy atom. The molecule has 1 atom stereocenters. The van der Waals surface area contributed by atoms with Gasteiger partial charge in [0, 0.05) is 17.3 Å². The van der Waals surface area contributed by atoms with E-state index in [0.717, 1.165) is 19.3 Å². The molecule has 0 aliphatic carbocycles. The molecule has 0 aliphatic rings. The molecule has 1 rings (SSSR count). The van der Waals surface area contributed by atoms with Crippen LogP contribution in [-0.4, -0.2) is 10.4 Å². The minimum atomic E-state index is 0.224. The Morgan fingerprint density at radius 2 is 2.06 bits per heavy atom. The number of aryl methyl sites for hydroxylation is 1. The standard InChI is InChI=1S/C14H22ClN/c1-5-12-6-7-13(16-10-12)9-14(3,4)8-11(2)15/h6-7,10-11H,5,8-9H2,1-4H3. The van der Waals surface area contributed by atoms with Gasteiger partial charge in [-0.1, -0.05) is 26.8 Å². The molecule has 16 heavy (non-hydrogen) atoms. The summed E-state index contributed by atoms with van der Waals surface area (Å²) >= 11 is 6.06. The van der Waals surface area contributed by atoms with Gasteiger partial charge in [0.25, 0.3) is 0 Å². The van der Waals surface area contributed by atoms with Crippen molar-refractivity contribution in [3.05, 3.63) is 29.6 Å². The lowest BCUT2D eigenvalue weighted by atomic mass is 9.83. The SMILES string of the molecule is CCc1ccc(CC(C)(C)CC(C)Cl)nc1. The molecule has 0 N–H and O–H groups in total. The second-order valence-electron chi connectivity index (χ2n) is 5.34. The Kier molecular flexibility index (Phi) is 4.79. The highest BCUT2D eigenvalue weighted by Crippen LogP contribution is 2.28. The van der Waals surface area contributed by atoms with Crippen molar-refractivity contribution in [2.75, 3.05) is 0 Å². The van der Waals surface area contributed by atoms with Crippen LogP contribution in [0.3, 0.4) is 0 Å². The van der Waals surface area contributed by atoms with Gasteiger partial charge in [-0.15, -0.1) is 11.6 Å². The molecule has 1 nitrogen and oxygen atoms in total. The van der Waals surface area contributed by atoms with E-state index in [0.29, 0.717) is 0 Å². The molecule has 0 spiro atoms. The van der Waals surface area contributed by atoms with E-state index in [-0.39, 0.29) is 10.8 Å². The Labute approximate surface area is 104 Å². The number of aromatic nitrogens is 1. The zero-order valence-electron chi connectivity index (χ0n) is 10.8. The van der Waals surface area contributed by atoms with Gasteiger partial charge in [-0.3, -0.25) is 4.98 Å². The van der Waals surface area contributed by atoms with E-state index in [1.807, 2.05) is 6.20 Å². The van der Waals surface area contributed by atoms with Crippen LogP contribution >= 0.6 is 11.6 Å². The highest BCUT2D eigenvalue weighted by molar-refractivity contribution is 6.20. The molecular formula is C14H22ClN. The third kappa shape index (κ3) is 4.52. The van der Waals surface area contributed by atoms with Gasteiger partial charge in [-0.05, 0) is 43.2 Å². The fourth-order valence-corrected chi connectivity index (χ4v) is 2.51. The number of pyridine rings is 1. The largest absolute Gasteiger partial charge is 0.261 e. The van der Waals surface area contributed by atoms with Crippen LogP contribution < -0.4 is 0 Å². The minimum Gasteiger partial charge on any atom is -0.261 e. The number of nitrogens with zero attached hydrogens (tertiary/aromatic N) is 1. The van der Waals surface area contributed by atoms with Crippen molar-refractivity contribution in [1.29, 1.82) is 0 Å². The molecule has 1 unspecified atom stereocenters. The lowest BCUT2D eigenvalue weighted by Gasteiger charge is -2.25. The third-order valence-electron chi connectivity index (χ3n) is 2.79. The van der Waals surface area contributed by atoms with Crippen LogP contribution in [0.25, 0.3) is 0 Å². The molecule has 0 saturated heterocycles. The Bertz CT molecular complexity index is 314. The van der Waals surface area contributed by atoms with E-state index in [1.54, 1.807) is 0 Å². The van der Waals surface area contributed by atoms with Crippen molar-refractivity contribution >= 4 is 11.6 Å². The zero-order chi connectivity index (χ0) is 12.2. The van der Waals surface area contributed by atoms with Gasteiger partial charge in [-0.25, -0.2) is 0 Å². The van der Waals surface area contributed by atoms with Crippen LogP contribution in [0.4, 0.5) is 0 Å². The van der Waals surface area contributed by atoms with Crippen LogP contribution in [0.1, 0.15) is 45.4 Å². The molecule has 0 radical (unpaired) electrons. The molecule has 0 bridgehead atoms. The number of hydrogen-bond donors (Lipinski definition) is 0. The first kappa shape index (κ1) is 13.5. The van der Waals surface area contributed by atoms with Gasteiger partial charge in [0.1, 0.15) is 0 Å². The van der Waals surface area contributed by atoms with Crippen molar-refractivity contribution in [3.8, 4) is 0 Å². The van der Waals surface area contributed by atoms with Crippen molar-refractivity contribution in [1.82, 2.24) is 4.98 Å². The average molecular weight is 240 g/mol. The Balaban J connectivity index is 2.64. The number of halogens is 1. The molecule has 0 amide bonds.